The number of hydrogen-bond donors (Lipinski definition) is 0. The Morgan fingerprint density at radius 2 is 1.67 bits per heavy atom. The minimum atomic E-state index is 0.997. The maximum absolute atomic E-state index is 4.55. The number of benzene rings is 2. The van der Waals surface area contributed by atoms with Crippen molar-refractivity contribution in [2.24, 2.45) is 0 Å². The molecule has 21 heavy (non-hydrogen) atoms. The maximum atomic E-state index is 4.55. The zero-order valence-electron chi connectivity index (χ0n) is 11.9. The second-order valence-electron chi connectivity index (χ2n) is 4.81. The van der Waals surface area contributed by atoms with Gasteiger partial charge in [-0.25, -0.2) is 4.98 Å². The summed E-state index contributed by atoms with van der Waals surface area (Å²) >= 11 is 5.14. The lowest BCUT2D eigenvalue weighted by molar-refractivity contribution is 0.902. The number of nitrogens with zero attached hydrogens (tertiary/aromatic N) is 2. The number of thioether (sulfide) groups is 1. The van der Waals surface area contributed by atoms with Crippen LogP contribution in [0.5, 0.6) is 0 Å². The van der Waals surface area contributed by atoms with E-state index in [1.165, 1.54) is 5.56 Å². The lowest BCUT2D eigenvalue weighted by Gasteiger charge is -2.11. The van der Waals surface area contributed by atoms with Gasteiger partial charge in [-0.05, 0) is 37.4 Å². The second kappa shape index (κ2) is 6.08. The quantitative estimate of drug-likeness (QED) is 0.588. The summed E-state index contributed by atoms with van der Waals surface area (Å²) in [6.45, 7) is 2.10. The molecule has 0 radical (unpaired) electrons. The fourth-order valence-electron chi connectivity index (χ4n) is 2.25. The third-order valence-electron chi connectivity index (χ3n) is 3.34. The highest BCUT2D eigenvalue weighted by atomic mass is 79.9. The smallest absolute Gasteiger partial charge is 0.172 e. The topological polar surface area (TPSA) is 17.8 Å². The molecule has 0 saturated heterocycles. The normalized spacial score (nSPS) is 10.8. The zero-order valence-corrected chi connectivity index (χ0v) is 14.3. The molecule has 3 aromatic rings. The Bertz CT molecular complexity index is 745. The van der Waals surface area contributed by atoms with E-state index in [0.29, 0.717) is 0 Å². The summed E-state index contributed by atoms with van der Waals surface area (Å²) in [7, 11) is 0. The van der Waals surface area contributed by atoms with Crippen LogP contribution >= 0.6 is 27.7 Å². The fourth-order valence-corrected chi connectivity index (χ4v) is 3.06. The molecule has 0 aliphatic carbocycles. The Balaban J connectivity index is 2.16. The fraction of sp³-hybridized carbons (Fsp3) is 0.118. The summed E-state index contributed by atoms with van der Waals surface area (Å²) in [5, 5.41) is 0.997. The van der Waals surface area contributed by atoms with Gasteiger partial charge in [-0.2, -0.15) is 0 Å². The van der Waals surface area contributed by atoms with Crippen molar-refractivity contribution in [3.8, 4) is 16.9 Å². The van der Waals surface area contributed by atoms with E-state index in [2.05, 4.69) is 87.2 Å². The minimum Gasteiger partial charge on any atom is -0.287 e. The van der Waals surface area contributed by atoms with E-state index in [9.17, 15) is 0 Å². The van der Waals surface area contributed by atoms with Gasteiger partial charge < -0.3 is 0 Å². The van der Waals surface area contributed by atoms with Crippen molar-refractivity contribution in [1.29, 1.82) is 0 Å². The van der Waals surface area contributed by atoms with Crippen LogP contribution in [0.1, 0.15) is 5.56 Å². The number of rotatable bonds is 3. The van der Waals surface area contributed by atoms with Crippen molar-refractivity contribution in [2.45, 2.75) is 12.1 Å². The van der Waals surface area contributed by atoms with E-state index >= 15 is 0 Å². The van der Waals surface area contributed by atoms with Crippen molar-refractivity contribution in [2.75, 3.05) is 6.26 Å². The van der Waals surface area contributed by atoms with Crippen LogP contribution < -0.4 is 0 Å². The van der Waals surface area contributed by atoms with Crippen molar-refractivity contribution in [1.82, 2.24) is 9.55 Å². The molecule has 0 bridgehead atoms. The molecular formula is C17H15BrN2S. The SMILES string of the molecule is CSc1ncc(-c2ccc(Br)cc2)n1-c1ccc(C)cc1. The Hall–Kier alpha value is -1.52. The van der Waals surface area contributed by atoms with Gasteiger partial charge in [0.2, 0.25) is 0 Å². The molecule has 0 amide bonds. The Labute approximate surface area is 137 Å². The summed E-state index contributed by atoms with van der Waals surface area (Å²) in [5.41, 5.74) is 4.66. The summed E-state index contributed by atoms with van der Waals surface area (Å²) in [6, 6.07) is 16.9. The number of aryl methyl sites for hydroxylation is 1. The van der Waals surface area contributed by atoms with Gasteiger partial charge in [0.25, 0.3) is 0 Å². The molecule has 0 unspecified atom stereocenters. The molecule has 2 nitrogen and oxygen atoms in total. The number of hydrogen-bond acceptors (Lipinski definition) is 2. The van der Waals surface area contributed by atoms with Crippen LogP contribution in [0.15, 0.2) is 64.4 Å². The van der Waals surface area contributed by atoms with Crippen molar-refractivity contribution in [3.63, 3.8) is 0 Å². The Morgan fingerprint density at radius 3 is 2.29 bits per heavy atom. The standard InChI is InChI=1S/C17H15BrN2S/c1-12-3-9-15(10-4-12)20-16(11-19-17(20)21-2)13-5-7-14(18)8-6-13/h3-11H,1-2H3. The molecule has 0 aliphatic rings. The predicted molar refractivity (Wildman–Crippen MR) is 93.2 cm³/mol. The lowest BCUT2D eigenvalue weighted by Crippen LogP contribution is -1.98. The summed E-state index contributed by atoms with van der Waals surface area (Å²) < 4.78 is 3.28. The highest BCUT2D eigenvalue weighted by molar-refractivity contribution is 9.10. The number of imidazole rings is 1. The molecule has 4 heteroatoms. The molecule has 3 rings (SSSR count). The molecular weight excluding hydrogens is 344 g/mol. The van der Waals surface area contributed by atoms with E-state index in [-0.39, 0.29) is 0 Å². The van der Waals surface area contributed by atoms with Crippen LogP contribution in [0.4, 0.5) is 0 Å². The first kappa shape index (κ1) is 14.4. The van der Waals surface area contributed by atoms with Gasteiger partial charge in [0.15, 0.2) is 5.16 Å². The second-order valence-corrected chi connectivity index (χ2v) is 6.50. The van der Waals surface area contributed by atoms with Crippen LogP contribution in [-0.2, 0) is 0 Å². The number of aromatic nitrogens is 2. The molecule has 0 N–H and O–H groups in total. The molecule has 0 fully saturated rings. The van der Waals surface area contributed by atoms with Gasteiger partial charge in [-0.15, -0.1) is 0 Å². The van der Waals surface area contributed by atoms with Gasteiger partial charge in [0.05, 0.1) is 11.9 Å². The van der Waals surface area contributed by atoms with E-state index in [1.807, 2.05) is 6.20 Å². The molecule has 0 atom stereocenters. The van der Waals surface area contributed by atoms with Gasteiger partial charge in [0, 0.05) is 15.7 Å². The Morgan fingerprint density at radius 1 is 1.00 bits per heavy atom. The van der Waals surface area contributed by atoms with Crippen molar-refractivity contribution >= 4 is 27.7 Å². The maximum Gasteiger partial charge on any atom is 0.172 e. The van der Waals surface area contributed by atoms with Gasteiger partial charge in [0.1, 0.15) is 0 Å². The van der Waals surface area contributed by atoms with Gasteiger partial charge in [-0.1, -0.05) is 57.5 Å². The molecule has 1 aromatic heterocycles. The number of halogens is 1. The van der Waals surface area contributed by atoms with Crippen molar-refractivity contribution < 1.29 is 0 Å². The third-order valence-corrected chi connectivity index (χ3v) is 4.53. The lowest BCUT2D eigenvalue weighted by atomic mass is 10.1. The first-order chi connectivity index (χ1) is 10.2. The van der Waals surface area contributed by atoms with Crippen LogP contribution in [0.25, 0.3) is 16.9 Å². The van der Waals surface area contributed by atoms with Crippen LogP contribution in [0.3, 0.4) is 0 Å². The van der Waals surface area contributed by atoms with E-state index in [1.54, 1.807) is 11.8 Å². The molecule has 0 aliphatic heterocycles. The highest BCUT2D eigenvalue weighted by Crippen LogP contribution is 2.29. The monoisotopic (exact) mass is 358 g/mol. The van der Waals surface area contributed by atoms with Crippen LogP contribution in [0, 0.1) is 6.92 Å². The first-order valence-electron chi connectivity index (χ1n) is 6.64. The van der Waals surface area contributed by atoms with Gasteiger partial charge in [-0.3, -0.25) is 4.57 Å². The molecule has 1 heterocycles. The molecule has 0 spiro atoms. The third kappa shape index (κ3) is 2.92. The van der Waals surface area contributed by atoms with Crippen molar-refractivity contribution in [3.05, 3.63) is 64.8 Å². The van der Waals surface area contributed by atoms with E-state index in [0.717, 1.165) is 26.6 Å². The average Bonchev–Trinajstić information content (AvgIpc) is 2.93. The van der Waals surface area contributed by atoms with Gasteiger partial charge >= 0.3 is 0 Å². The van der Waals surface area contributed by atoms with Crippen LogP contribution in [0.2, 0.25) is 0 Å². The summed E-state index contributed by atoms with van der Waals surface area (Å²) in [6.07, 6.45) is 3.99. The zero-order chi connectivity index (χ0) is 14.8. The average molecular weight is 359 g/mol. The predicted octanol–water partition coefficient (Wildman–Crippen LogP) is 5.33. The molecule has 106 valence electrons. The van der Waals surface area contributed by atoms with Crippen LogP contribution in [-0.4, -0.2) is 15.8 Å². The molecule has 0 saturated carbocycles. The largest absolute Gasteiger partial charge is 0.287 e. The van der Waals surface area contributed by atoms with E-state index in [4.69, 9.17) is 0 Å². The minimum absolute atomic E-state index is 0.997. The summed E-state index contributed by atoms with van der Waals surface area (Å²) in [4.78, 5) is 4.55. The van der Waals surface area contributed by atoms with E-state index < -0.39 is 0 Å². The molecule has 2 aromatic carbocycles. The first-order valence-corrected chi connectivity index (χ1v) is 8.65. The summed E-state index contributed by atoms with van der Waals surface area (Å²) in [5.74, 6) is 0. The Kier molecular flexibility index (Phi) is 4.17. The highest BCUT2D eigenvalue weighted by Gasteiger charge is 2.12.